The molecule has 0 heterocycles. The van der Waals surface area contributed by atoms with E-state index < -0.39 is 0 Å². The minimum absolute atomic E-state index is 0.0879. The van der Waals surface area contributed by atoms with Gasteiger partial charge in [0.05, 0.1) is 12.0 Å². The smallest absolute Gasteiger partial charge is 0.311 e. The maximum atomic E-state index is 13.1. The molecule has 2 nitrogen and oxygen atoms in total. The summed E-state index contributed by atoms with van der Waals surface area (Å²) in [5.74, 6) is 0.0879. The van der Waals surface area contributed by atoms with Crippen molar-refractivity contribution in [1.82, 2.24) is 0 Å². The minimum atomic E-state index is -0.273. The summed E-state index contributed by atoms with van der Waals surface area (Å²) in [7, 11) is 0. The Hall–Kier alpha value is -0.530. The second-order valence-corrected chi connectivity index (χ2v) is 11.6. The van der Waals surface area contributed by atoms with E-state index in [4.69, 9.17) is 4.74 Å². The van der Waals surface area contributed by atoms with E-state index in [0.717, 1.165) is 19.3 Å². The van der Waals surface area contributed by atoms with Crippen LogP contribution in [0.15, 0.2) is 0 Å². The van der Waals surface area contributed by atoms with Crippen molar-refractivity contribution in [2.24, 2.45) is 5.41 Å². The van der Waals surface area contributed by atoms with E-state index in [-0.39, 0.29) is 11.4 Å². The van der Waals surface area contributed by atoms with Gasteiger partial charge >= 0.3 is 5.97 Å². The van der Waals surface area contributed by atoms with Crippen LogP contribution < -0.4 is 0 Å². The molecule has 1 unspecified atom stereocenters. The largest absolute Gasteiger partial charge is 0.465 e. The Morgan fingerprint density at radius 2 is 0.743 bits per heavy atom. The van der Waals surface area contributed by atoms with Crippen molar-refractivity contribution in [2.75, 3.05) is 6.61 Å². The molecule has 0 aromatic heterocycles. The summed E-state index contributed by atoms with van der Waals surface area (Å²) in [6, 6.07) is 0. The van der Waals surface area contributed by atoms with Crippen molar-refractivity contribution >= 4 is 5.97 Å². The molecule has 35 heavy (non-hydrogen) atoms. The zero-order valence-electron chi connectivity index (χ0n) is 24.9. The van der Waals surface area contributed by atoms with Crippen LogP contribution in [0.2, 0.25) is 0 Å². The number of carbonyl (C=O) groups excluding carboxylic acids is 1. The molecule has 0 rings (SSSR count). The van der Waals surface area contributed by atoms with Gasteiger partial charge in [0, 0.05) is 0 Å². The Morgan fingerprint density at radius 3 is 1.09 bits per heavy atom. The Balaban J connectivity index is 4.24. The predicted molar refractivity (Wildman–Crippen MR) is 156 cm³/mol. The van der Waals surface area contributed by atoms with Crippen molar-refractivity contribution in [2.45, 2.75) is 195 Å². The van der Waals surface area contributed by atoms with E-state index >= 15 is 0 Å². The summed E-state index contributed by atoms with van der Waals surface area (Å²) in [4.78, 5) is 13.1. The van der Waals surface area contributed by atoms with E-state index in [1.807, 2.05) is 0 Å². The molecule has 1 atom stereocenters. The third-order valence-electron chi connectivity index (χ3n) is 7.89. The molecule has 0 N–H and O–H groups in total. The number of esters is 1. The summed E-state index contributed by atoms with van der Waals surface area (Å²) in [5, 5.41) is 0. The van der Waals surface area contributed by atoms with Crippen molar-refractivity contribution in [3.63, 3.8) is 0 Å². The first kappa shape index (κ1) is 34.5. The highest BCUT2D eigenvalue weighted by Crippen LogP contribution is 2.33. The molecular formula is C33H66O2. The first-order valence-corrected chi connectivity index (χ1v) is 16.3. The van der Waals surface area contributed by atoms with Crippen LogP contribution >= 0.6 is 0 Å². The van der Waals surface area contributed by atoms with Gasteiger partial charge in [-0.1, -0.05) is 168 Å². The van der Waals surface area contributed by atoms with Crippen LogP contribution in [0.25, 0.3) is 0 Å². The van der Waals surface area contributed by atoms with Crippen LogP contribution in [0.5, 0.6) is 0 Å². The number of unbranched alkanes of at least 4 members (excludes halogenated alkanes) is 21. The highest BCUT2D eigenvalue weighted by Gasteiger charge is 2.33. The zero-order valence-corrected chi connectivity index (χ0v) is 24.9. The van der Waals surface area contributed by atoms with Gasteiger partial charge in [-0.05, 0) is 26.2 Å². The Morgan fingerprint density at radius 1 is 0.457 bits per heavy atom. The highest BCUT2D eigenvalue weighted by atomic mass is 16.5. The molecule has 0 bridgehead atoms. The van der Waals surface area contributed by atoms with Gasteiger partial charge in [-0.3, -0.25) is 4.79 Å². The van der Waals surface area contributed by atoms with Gasteiger partial charge in [0.25, 0.3) is 0 Å². The van der Waals surface area contributed by atoms with Crippen LogP contribution in [0.3, 0.4) is 0 Å². The van der Waals surface area contributed by atoms with Gasteiger partial charge < -0.3 is 4.74 Å². The van der Waals surface area contributed by atoms with Gasteiger partial charge in [-0.15, -0.1) is 0 Å². The lowest BCUT2D eigenvalue weighted by Gasteiger charge is -2.27. The van der Waals surface area contributed by atoms with E-state index in [1.165, 1.54) is 148 Å². The summed E-state index contributed by atoms with van der Waals surface area (Å²) in [6.45, 7) is 9.64. The predicted octanol–water partition coefficient (Wildman–Crippen LogP) is 11.7. The van der Waals surface area contributed by atoms with Crippen LogP contribution in [0, 0.1) is 5.41 Å². The summed E-state index contributed by atoms with van der Waals surface area (Å²) in [6.07, 6.45) is 33.5. The van der Waals surface area contributed by atoms with E-state index in [2.05, 4.69) is 27.7 Å². The maximum Gasteiger partial charge on any atom is 0.311 e. The molecule has 0 spiro atoms. The lowest BCUT2D eigenvalue weighted by Crippen LogP contribution is -2.30. The maximum absolute atomic E-state index is 13.1. The number of hydrogen-bond donors (Lipinski definition) is 0. The minimum Gasteiger partial charge on any atom is -0.465 e. The average Bonchev–Trinajstić information content (AvgIpc) is 2.86. The molecule has 0 radical (unpaired) electrons. The van der Waals surface area contributed by atoms with Gasteiger partial charge in [-0.25, -0.2) is 0 Å². The molecule has 0 saturated heterocycles. The molecule has 0 fully saturated rings. The average molecular weight is 495 g/mol. The van der Waals surface area contributed by atoms with Gasteiger partial charge in [-0.2, -0.15) is 0 Å². The lowest BCUT2D eigenvalue weighted by atomic mass is 9.79. The molecule has 0 aromatic rings. The van der Waals surface area contributed by atoms with Crippen LogP contribution in [0.4, 0.5) is 0 Å². The SMILES string of the molecule is CCCCCCCCCCCCC(C)(CCCCCCCCCC)C(=O)OCCCCCCCC. The summed E-state index contributed by atoms with van der Waals surface area (Å²) in [5.41, 5.74) is -0.273. The molecule has 210 valence electrons. The number of hydrogen-bond acceptors (Lipinski definition) is 2. The Labute approximate surface area is 222 Å². The van der Waals surface area contributed by atoms with Crippen molar-refractivity contribution in [3.8, 4) is 0 Å². The number of rotatable bonds is 28. The molecular weight excluding hydrogens is 428 g/mol. The fourth-order valence-corrected chi connectivity index (χ4v) is 5.20. The highest BCUT2D eigenvalue weighted by molar-refractivity contribution is 5.76. The lowest BCUT2D eigenvalue weighted by molar-refractivity contribution is -0.156. The molecule has 0 aliphatic rings. The number of carbonyl (C=O) groups is 1. The molecule has 0 aromatic carbocycles. The fraction of sp³-hybridized carbons (Fsp3) is 0.970. The van der Waals surface area contributed by atoms with E-state index in [1.54, 1.807) is 0 Å². The van der Waals surface area contributed by atoms with Crippen molar-refractivity contribution in [3.05, 3.63) is 0 Å². The molecule has 0 aliphatic heterocycles. The van der Waals surface area contributed by atoms with Crippen molar-refractivity contribution < 1.29 is 9.53 Å². The van der Waals surface area contributed by atoms with Crippen LogP contribution in [0.1, 0.15) is 195 Å². The van der Waals surface area contributed by atoms with Crippen LogP contribution in [-0.2, 0) is 9.53 Å². The second kappa shape index (κ2) is 26.5. The monoisotopic (exact) mass is 495 g/mol. The van der Waals surface area contributed by atoms with Gasteiger partial charge in [0.15, 0.2) is 0 Å². The Kier molecular flexibility index (Phi) is 26.1. The Bertz CT molecular complexity index is 433. The molecule has 0 saturated carbocycles. The number of ether oxygens (including phenoxy) is 1. The molecule has 0 aliphatic carbocycles. The van der Waals surface area contributed by atoms with Crippen LogP contribution in [-0.4, -0.2) is 12.6 Å². The molecule has 0 amide bonds. The van der Waals surface area contributed by atoms with Crippen molar-refractivity contribution in [1.29, 1.82) is 0 Å². The third-order valence-corrected chi connectivity index (χ3v) is 7.89. The topological polar surface area (TPSA) is 26.3 Å². The van der Waals surface area contributed by atoms with Gasteiger partial charge in [0.2, 0.25) is 0 Å². The van der Waals surface area contributed by atoms with E-state index in [0.29, 0.717) is 6.61 Å². The molecule has 2 heteroatoms. The normalized spacial score (nSPS) is 13.1. The summed E-state index contributed by atoms with van der Waals surface area (Å²) >= 11 is 0. The van der Waals surface area contributed by atoms with E-state index in [9.17, 15) is 4.79 Å². The standard InChI is InChI=1S/C33H66O2/c1-5-8-11-14-17-19-20-22-24-27-30-33(4,29-26-23-21-18-15-12-9-6-2)32(34)35-31-28-25-16-13-10-7-3/h5-31H2,1-4H3. The summed E-state index contributed by atoms with van der Waals surface area (Å²) < 4.78 is 5.84. The first-order chi connectivity index (χ1) is 17.1. The quantitative estimate of drug-likeness (QED) is 0.0798. The zero-order chi connectivity index (χ0) is 25.9. The van der Waals surface area contributed by atoms with Gasteiger partial charge in [0.1, 0.15) is 0 Å². The fourth-order valence-electron chi connectivity index (χ4n) is 5.20. The third kappa shape index (κ3) is 22.4. The first-order valence-electron chi connectivity index (χ1n) is 16.3. The second-order valence-electron chi connectivity index (χ2n) is 11.6.